The molecule has 6 amide bonds. The van der Waals surface area contributed by atoms with E-state index in [0.717, 1.165) is 0 Å². The summed E-state index contributed by atoms with van der Waals surface area (Å²) in [6.45, 7) is 13.0. The van der Waals surface area contributed by atoms with Crippen molar-refractivity contribution in [2.45, 2.75) is 110 Å². The zero-order chi connectivity index (χ0) is 32.3. The standard InChI is InChI=1S/C28H48N6O7S2/c1-15(2)12-18-23(36)30-17(10-8-9-11-29-27(40)41-28(5,6)7)22(35)32-19-13-42-43-14-20(33-24(19)37)25(38)34-21(16(3)4)26(39)31-18/h15-21H,8-14H2,1-7H3,(H,29,40)(H,30,36)(H,31,39)(H,32,35)(H,33,37)(H,34,38)/t17-,18+,19+,20+,21-/m0/s1. The van der Waals surface area contributed by atoms with E-state index in [4.69, 9.17) is 4.74 Å². The number of amides is 6. The smallest absolute Gasteiger partial charge is 0.407 e. The molecule has 0 saturated carbocycles. The SMILES string of the molecule is CC(C)C[C@H]1NC(=O)[C@H](C(C)C)NC(=O)[C@H]2CSSC[C@@H](NC(=O)[C@H](CCCCNC(=O)OC(C)(C)C)NC1=O)C(=O)N2. The number of fused-ring (bicyclic) bond motifs is 3. The summed E-state index contributed by atoms with van der Waals surface area (Å²) in [4.78, 5) is 78.6. The van der Waals surface area contributed by atoms with Gasteiger partial charge in [-0.1, -0.05) is 49.3 Å². The average molecular weight is 645 g/mol. The zero-order valence-electron chi connectivity index (χ0n) is 26.2. The van der Waals surface area contributed by atoms with Crippen LogP contribution in [-0.2, 0) is 28.7 Å². The fourth-order valence-corrected chi connectivity index (χ4v) is 6.74. The number of carbonyl (C=O) groups excluding carboxylic acids is 6. The number of alkyl carbamates (subject to hydrolysis) is 1. The highest BCUT2D eigenvalue weighted by atomic mass is 33.1. The molecule has 2 fully saturated rings. The molecule has 0 spiro atoms. The summed E-state index contributed by atoms with van der Waals surface area (Å²) in [5, 5.41) is 16.4. The number of nitrogens with one attached hydrogen (secondary N) is 6. The third kappa shape index (κ3) is 12.8. The second kappa shape index (κ2) is 17.0. The van der Waals surface area contributed by atoms with Crippen molar-refractivity contribution in [3.63, 3.8) is 0 Å². The van der Waals surface area contributed by atoms with E-state index in [1.807, 2.05) is 13.8 Å². The Morgan fingerprint density at radius 2 is 1.33 bits per heavy atom. The van der Waals surface area contributed by atoms with Gasteiger partial charge in [-0.25, -0.2) is 4.79 Å². The summed E-state index contributed by atoms with van der Waals surface area (Å²) >= 11 is 0. The molecule has 13 nitrogen and oxygen atoms in total. The van der Waals surface area contributed by atoms with Gasteiger partial charge in [0.1, 0.15) is 35.8 Å². The molecule has 0 aromatic carbocycles. The molecular weight excluding hydrogens is 596 g/mol. The van der Waals surface area contributed by atoms with Gasteiger partial charge in [0.2, 0.25) is 29.5 Å². The van der Waals surface area contributed by atoms with Crippen molar-refractivity contribution in [1.82, 2.24) is 31.9 Å². The number of unbranched alkanes of at least 4 members (excludes halogenated alkanes) is 1. The van der Waals surface area contributed by atoms with E-state index in [9.17, 15) is 28.8 Å². The summed E-state index contributed by atoms with van der Waals surface area (Å²) in [6, 6.07) is -4.75. The third-order valence-electron chi connectivity index (χ3n) is 6.63. The lowest BCUT2D eigenvalue weighted by Gasteiger charge is -2.28. The molecule has 244 valence electrons. The first kappa shape index (κ1) is 36.5. The van der Waals surface area contributed by atoms with Gasteiger partial charge in [0.15, 0.2) is 0 Å². The van der Waals surface area contributed by atoms with Crippen molar-refractivity contribution in [3.8, 4) is 0 Å². The molecule has 2 heterocycles. The normalized spacial score (nSPS) is 26.2. The van der Waals surface area contributed by atoms with Crippen LogP contribution >= 0.6 is 21.6 Å². The minimum Gasteiger partial charge on any atom is -0.444 e. The van der Waals surface area contributed by atoms with Crippen LogP contribution in [0.5, 0.6) is 0 Å². The van der Waals surface area contributed by atoms with E-state index in [-0.39, 0.29) is 29.8 Å². The fourth-order valence-electron chi connectivity index (χ4n) is 4.42. The molecule has 0 aromatic rings. The van der Waals surface area contributed by atoms with Crippen LogP contribution in [0, 0.1) is 11.8 Å². The Morgan fingerprint density at radius 1 is 0.791 bits per heavy atom. The molecule has 2 rings (SSSR count). The Hall–Kier alpha value is -2.68. The lowest BCUT2D eigenvalue weighted by molar-refractivity contribution is -0.134. The highest BCUT2D eigenvalue weighted by Gasteiger charge is 2.36. The molecule has 2 saturated heterocycles. The van der Waals surface area contributed by atoms with Crippen LogP contribution in [0.1, 0.15) is 74.1 Å². The minimum atomic E-state index is -1.00. The Kier molecular flexibility index (Phi) is 14.4. The van der Waals surface area contributed by atoms with Crippen LogP contribution in [-0.4, -0.2) is 89.5 Å². The molecule has 6 N–H and O–H groups in total. The Bertz CT molecular complexity index is 1020. The van der Waals surface area contributed by atoms with E-state index >= 15 is 0 Å². The molecule has 2 aliphatic heterocycles. The van der Waals surface area contributed by atoms with Crippen LogP contribution in [0.25, 0.3) is 0 Å². The first-order valence-electron chi connectivity index (χ1n) is 14.8. The minimum absolute atomic E-state index is 0.0372. The van der Waals surface area contributed by atoms with E-state index in [2.05, 4.69) is 31.9 Å². The molecule has 2 bridgehead atoms. The van der Waals surface area contributed by atoms with Crippen molar-refractivity contribution in [3.05, 3.63) is 0 Å². The summed E-state index contributed by atoms with van der Waals surface area (Å²) in [7, 11) is 2.74. The molecular formula is C28H48N6O7S2. The maximum absolute atomic E-state index is 13.5. The highest BCUT2D eigenvalue weighted by Crippen LogP contribution is 2.25. The van der Waals surface area contributed by atoms with Gasteiger partial charge in [0.25, 0.3) is 0 Å². The fraction of sp³-hybridized carbons (Fsp3) is 0.786. The van der Waals surface area contributed by atoms with Crippen molar-refractivity contribution in [2.24, 2.45) is 11.8 Å². The summed E-state index contributed by atoms with van der Waals surface area (Å²) in [5.41, 5.74) is -0.627. The van der Waals surface area contributed by atoms with Crippen molar-refractivity contribution in [2.75, 3.05) is 18.1 Å². The van der Waals surface area contributed by atoms with Gasteiger partial charge in [0.05, 0.1) is 0 Å². The zero-order valence-corrected chi connectivity index (χ0v) is 27.8. The van der Waals surface area contributed by atoms with Crippen molar-refractivity contribution >= 4 is 57.2 Å². The number of carbonyl (C=O) groups is 6. The summed E-state index contributed by atoms with van der Waals surface area (Å²) < 4.78 is 5.24. The summed E-state index contributed by atoms with van der Waals surface area (Å²) in [5.74, 6) is -2.36. The predicted molar refractivity (Wildman–Crippen MR) is 167 cm³/mol. The lowest BCUT2D eigenvalue weighted by Crippen LogP contribution is -2.60. The van der Waals surface area contributed by atoms with Gasteiger partial charge < -0.3 is 36.6 Å². The Morgan fingerprint density at radius 3 is 1.88 bits per heavy atom. The molecule has 0 aromatic heterocycles. The first-order valence-corrected chi connectivity index (χ1v) is 17.3. The Labute approximate surface area is 262 Å². The molecule has 2 aliphatic rings. The second-order valence-corrected chi connectivity index (χ2v) is 15.2. The molecule has 15 heteroatoms. The van der Waals surface area contributed by atoms with Crippen molar-refractivity contribution in [1.29, 1.82) is 0 Å². The summed E-state index contributed by atoms with van der Waals surface area (Å²) in [6.07, 6.45) is 0.961. The lowest BCUT2D eigenvalue weighted by atomic mass is 9.99. The highest BCUT2D eigenvalue weighted by molar-refractivity contribution is 8.76. The van der Waals surface area contributed by atoms with Gasteiger partial charge in [0, 0.05) is 18.1 Å². The molecule has 5 atom stereocenters. The number of rotatable bonds is 8. The average Bonchev–Trinajstić information content (AvgIpc) is 2.87. The van der Waals surface area contributed by atoms with Crippen LogP contribution < -0.4 is 31.9 Å². The van der Waals surface area contributed by atoms with E-state index in [1.165, 1.54) is 21.6 Å². The van der Waals surface area contributed by atoms with Gasteiger partial charge in [-0.05, 0) is 58.3 Å². The van der Waals surface area contributed by atoms with E-state index in [0.29, 0.717) is 25.8 Å². The first-order chi connectivity index (χ1) is 20.1. The van der Waals surface area contributed by atoms with Gasteiger partial charge in [-0.2, -0.15) is 0 Å². The molecule has 43 heavy (non-hydrogen) atoms. The van der Waals surface area contributed by atoms with Crippen LogP contribution in [0.15, 0.2) is 0 Å². The monoisotopic (exact) mass is 644 g/mol. The molecule has 0 radical (unpaired) electrons. The number of ether oxygens (including phenoxy) is 1. The van der Waals surface area contributed by atoms with Crippen LogP contribution in [0.4, 0.5) is 4.79 Å². The maximum atomic E-state index is 13.5. The number of hydrogen-bond donors (Lipinski definition) is 6. The van der Waals surface area contributed by atoms with Crippen molar-refractivity contribution < 1.29 is 33.5 Å². The van der Waals surface area contributed by atoms with Gasteiger partial charge >= 0.3 is 6.09 Å². The second-order valence-electron chi connectivity index (χ2n) is 12.6. The third-order valence-corrected chi connectivity index (χ3v) is 9.05. The molecule has 0 unspecified atom stereocenters. The van der Waals surface area contributed by atoms with E-state index < -0.39 is 71.4 Å². The quantitative estimate of drug-likeness (QED) is 0.167. The largest absolute Gasteiger partial charge is 0.444 e. The molecule has 0 aliphatic carbocycles. The number of hydrogen-bond acceptors (Lipinski definition) is 9. The topological polar surface area (TPSA) is 184 Å². The van der Waals surface area contributed by atoms with Crippen LogP contribution in [0.3, 0.4) is 0 Å². The van der Waals surface area contributed by atoms with Crippen LogP contribution in [0.2, 0.25) is 0 Å². The maximum Gasteiger partial charge on any atom is 0.407 e. The van der Waals surface area contributed by atoms with Gasteiger partial charge in [-0.3, -0.25) is 24.0 Å². The Balaban J connectivity index is 2.29. The van der Waals surface area contributed by atoms with Gasteiger partial charge in [-0.15, -0.1) is 0 Å². The predicted octanol–water partition coefficient (Wildman–Crippen LogP) is 1.22. The van der Waals surface area contributed by atoms with E-state index in [1.54, 1.807) is 34.6 Å².